The van der Waals surface area contributed by atoms with Gasteiger partial charge in [0.05, 0.1) is 32.5 Å². The van der Waals surface area contributed by atoms with Crippen LogP contribution in [0.4, 0.5) is 0 Å². The number of aromatic nitrogens is 6. The Hall–Kier alpha value is -7.18. The Labute approximate surface area is 363 Å². The average Bonchev–Trinajstić information content (AvgIpc) is 4.11. The molecule has 8 aromatic rings. The van der Waals surface area contributed by atoms with Gasteiger partial charge < -0.3 is 0 Å². The zero-order valence-corrected chi connectivity index (χ0v) is 36.0. The molecule has 9 rings (SSSR count). The number of thiazole rings is 2. The lowest BCUT2D eigenvalue weighted by atomic mass is 9.80. The number of hydrogen-bond acceptors (Lipinski definition) is 14. The Balaban J connectivity index is 1.09. The highest BCUT2D eigenvalue weighted by atomic mass is 32.1. The highest BCUT2D eigenvalue weighted by Gasteiger charge is 2.36. The Kier molecular flexibility index (Phi) is 9.75. The lowest BCUT2D eigenvalue weighted by Crippen LogP contribution is -2.31. The van der Waals surface area contributed by atoms with Crippen molar-refractivity contribution in [3.05, 3.63) is 122 Å². The quantitative estimate of drug-likeness (QED) is 0.195. The molecule has 12 nitrogen and oxygen atoms in total. The summed E-state index contributed by atoms with van der Waals surface area (Å²) in [4.78, 5) is 26.6. The summed E-state index contributed by atoms with van der Waals surface area (Å²) in [6, 6.07) is 28.5. The molecule has 0 bridgehead atoms. The van der Waals surface area contributed by atoms with Crippen LogP contribution in [0.5, 0.6) is 0 Å². The van der Waals surface area contributed by atoms with Crippen LogP contribution in [0, 0.1) is 45.3 Å². The predicted molar refractivity (Wildman–Crippen MR) is 240 cm³/mol. The molecule has 16 heteroatoms. The molecule has 1 aliphatic carbocycles. The van der Waals surface area contributed by atoms with Gasteiger partial charge in [0.2, 0.25) is 0 Å². The third kappa shape index (κ3) is 6.16. The van der Waals surface area contributed by atoms with Crippen LogP contribution >= 0.6 is 46.1 Å². The fraction of sp³-hybridized carbons (Fsp3) is 0.156. The molecule has 0 amide bonds. The van der Waals surface area contributed by atoms with Crippen molar-refractivity contribution in [1.82, 2.24) is 26.6 Å². The lowest BCUT2D eigenvalue weighted by molar-refractivity contribution is 0.661. The van der Waals surface area contributed by atoms with E-state index in [1.807, 2.05) is 48.5 Å². The molecular weight excluding hydrogens is 841 g/mol. The smallest absolute Gasteiger partial charge is 0.269 e. The van der Waals surface area contributed by atoms with E-state index < -0.39 is 0 Å². The molecule has 0 aliphatic heterocycles. The molecule has 294 valence electrons. The standard InChI is InChI=1S/C45H28N10O2S4/c1-5-54-41(56)35(58-43(54)27(19-46)20-47)17-25-9-11-29(39-37(25)50-60-52-39)23-7-13-31-32-14-8-24(16-34(32)45(3,4)33(31)15-23)30-12-10-26(38-40(30)53-61-51-38)18-36-42(57)55(6-2)44(59-36)28(21-48)22-49/h7-18H,5-6H2,1-4H3. The Morgan fingerprint density at radius 3 is 1.34 bits per heavy atom. The maximum Gasteiger partial charge on any atom is 0.269 e. The second kappa shape index (κ2) is 15.1. The molecule has 0 spiro atoms. The van der Waals surface area contributed by atoms with Crippen LogP contribution in [0.1, 0.15) is 49.9 Å². The maximum atomic E-state index is 13.3. The number of nitrogens with zero attached hydrogens (tertiary/aromatic N) is 10. The number of fused-ring (bicyclic) bond motifs is 5. The molecule has 0 radical (unpaired) electrons. The van der Waals surface area contributed by atoms with Gasteiger partial charge in [-0.2, -0.15) is 38.5 Å². The third-order valence-electron chi connectivity index (χ3n) is 11.1. The minimum Gasteiger partial charge on any atom is -0.298 e. The molecular formula is C45H28N10O2S4. The van der Waals surface area contributed by atoms with E-state index in [1.165, 1.54) is 20.3 Å². The van der Waals surface area contributed by atoms with Gasteiger partial charge in [0.15, 0.2) is 11.1 Å². The molecule has 0 fully saturated rings. The Bertz CT molecular complexity index is 3500. The van der Waals surface area contributed by atoms with Crippen molar-refractivity contribution in [2.24, 2.45) is 0 Å². The van der Waals surface area contributed by atoms with E-state index in [2.05, 4.69) is 59.0 Å². The SMILES string of the molecule is CCn1c(=C(C#N)C#N)sc(=Cc2ccc(-c3ccc4c(c3)C(C)(C)c3cc(-c5ccc(C=c6sc(=C(C#N)C#N)n(CC)c6=O)c6nsnc56)ccc3-4)c3nsnc23)c1=O. The summed E-state index contributed by atoms with van der Waals surface area (Å²) in [7, 11) is 0. The largest absolute Gasteiger partial charge is 0.298 e. The van der Waals surface area contributed by atoms with Gasteiger partial charge in [0.1, 0.15) is 55.7 Å². The van der Waals surface area contributed by atoms with Crippen molar-refractivity contribution in [2.45, 2.75) is 46.2 Å². The van der Waals surface area contributed by atoms with Crippen LogP contribution in [0.25, 0.3) is 78.7 Å². The summed E-state index contributed by atoms with van der Waals surface area (Å²) >= 11 is 4.44. The van der Waals surface area contributed by atoms with Crippen molar-refractivity contribution in [1.29, 1.82) is 21.0 Å². The molecule has 1 aliphatic rings. The van der Waals surface area contributed by atoms with Gasteiger partial charge >= 0.3 is 0 Å². The van der Waals surface area contributed by atoms with Gasteiger partial charge in [-0.25, -0.2) is 0 Å². The summed E-state index contributed by atoms with van der Waals surface area (Å²) in [6.45, 7) is 8.72. The highest BCUT2D eigenvalue weighted by molar-refractivity contribution is 7.08. The zero-order valence-electron chi connectivity index (χ0n) is 32.8. The fourth-order valence-corrected chi connectivity index (χ4v) is 11.4. The van der Waals surface area contributed by atoms with Crippen LogP contribution in [0.2, 0.25) is 0 Å². The fourth-order valence-electron chi connectivity index (χ4n) is 8.05. The number of nitriles is 4. The van der Waals surface area contributed by atoms with Crippen LogP contribution in [0.3, 0.4) is 0 Å². The van der Waals surface area contributed by atoms with Crippen molar-refractivity contribution in [2.75, 3.05) is 0 Å². The summed E-state index contributed by atoms with van der Waals surface area (Å²) in [5, 5.41) is 37.9. The molecule has 0 atom stereocenters. The first-order valence-electron chi connectivity index (χ1n) is 18.9. The summed E-state index contributed by atoms with van der Waals surface area (Å²) in [5.41, 5.74) is 11.5. The number of rotatable bonds is 6. The summed E-state index contributed by atoms with van der Waals surface area (Å²) in [6.07, 6.45) is 3.52. The molecule has 0 unspecified atom stereocenters. The first-order chi connectivity index (χ1) is 29.6. The predicted octanol–water partition coefficient (Wildman–Crippen LogP) is 5.88. The van der Waals surface area contributed by atoms with Crippen molar-refractivity contribution in [3.8, 4) is 57.7 Å². The van der Waals surface area contributed by atoms with Crippen molar-refractivity contribution >= 4 is 91.5 Å². The van der Waals surface area contributed by atoms with Gasteiger partial charge in [-0.3, -0.25) is 18.7 Å². The second-order valence-electron chi connectivity index (χ2n) is 14.6. The van der Waals surface area contributed by atoms with E-state index in [4.69, 9.17) is 8.75 Å². The van der Waals surface area contributed by atoms with Crippen LogP contribution in [-0.2, 0) is 18.5 Å². The van der Waals surface area contributed by atoms with Gasteiger partial charge in [0.25, 0.3) is 11.1 Å². The average molecular weight is 869 g/mol. The Morgan fingerprint density at radius 2 is 0.967 bits per heavy atom. The first-order valence-corrected chi connectivity index (χ1v) is 22.0. The molecule has 4 aromatic carbocycles. The van der Waals surface area contributed by atoms with Crippen LogP contribution < -0.4 is 29.5 Å². The monoisotopic (exact) mass is 868 g/mol. The molecule has 4 aromatic heterocycles. The minimum atomic E-state index is -0.367. The van der Waals surface area contributed by atoms with E-state index in [0.29, 0.717) is 53.5 Å². The third-order valence-corrected chi connectivity index (χ3v) is 14.4. The normalized spacial score (nSPS) is 13.1. The first kappa shape index (κ1) is 39.3. The van der Waals surface area contributed by atoms with Gasteiger partial charge in [0, 0.05) is 40.8 Å². The lowest BCUT2D eigenvalue weighted by Gasteiger charge is -2.22. The molecule has 61 heavy (non-hydrogen) atoms. The Morgan fingerprint density at radius 1 is 0.590 bits per heavy atom. The van der Waals surface area contributed by atoms with Crippen molar-refractivity contribution < 1.29 is 0 Å². The van der Waals surface area contributed by atoms with Gasteiger partial charge in [-0.15, -0.1) is 22.7 Å². The highest BCUT2D eigenvalue weighted by Crippen LogP contribution is 2.51. The van der Waals surface area contributed by atoms with Crippen molar-refractivity contribution in [3.63, 3.8) is 0 Å². The van der Waals surface area contributed by atoms with Gasteiger partial charge in [-0.1, -0.05) is 62.4 Å². The summed E-state index contributed by atoms with van der Waals surface area (Å²) < 4.78 is 23.0. The van der Waals surface area contributed by atoms with E-state index >= 15 is 0 Å². The molecule has 0 N–H and O–H groups in total. The van der Waals surface area contributed by atoms with E-state index in [0.717, 1.165) is 90.6 Å². The molecule has 0 saturated carbocycles. The minimum absolute atomic E-state index is 0.0974. The van der Waals surface area contributed by atoms with Gasteiger partial charge in [-0.05, 0) is 71.5 Å². The number of hydrogen-bond donors (Lipinski definition) is 0. The molecule has 0 saturated heterocycles. The maximum absolute atomic E-state index is 13.3. The van der Waals surface area contributed by atoms with E-state index in [9.17, 15) is 30.6 Å². The molecule has 4 heterocycles. The summed E-state index contributed by atoms with van der Waals surface area (Å²) in [5.74, 6) is 0. The van der Waals surface area contributed by atoms with E-state index in [-0.39, 0.29) is 27.7 Å². The second-order valence-corrected chi connectivity index (χ2v) is 17.7. The number of benzene rings is 4. The zero-order chi connectivity index (χ0) is 42.7. The van der Waals surface area contributed by atoms with E-state index in [1.54, 1.807) is 26.0 Å². The van der Waals surface area contributed by atoms with Crippen LogP contribution in [0.15, 0.2) is 70.3 Å². The topological polar surface area (TPSA) is 191 Å². The van der Waals surface area contributed by atoms with Crippen LogP contribution in [-0.4, -0.2) is 26.6 Å².